The average molecular weight is 334 g/mol. The van der Waals surface area contributed by atoms with Gasteiger partial charge in [0.1, 0.15) is 15.8 Å². The second kappa shape index (κ2) is 7.70. The summed E-state index contributed by atoms with van der Waals surface area (Å²) in [4.78, 5) is 14.6. The van der Waals surface area contributed by atoms with Crippen molar-refractivity contribution in [3.05, 3.63) is 34.2 Å². The zero-order valence-electron chi connectivity index (χ0n) is 13.3. The number of hydrogen-bond acceptors (Lipinski definition) is 6. The molecule has 1 aliphatic heterocycles. The van der Waals surface area contributed by atoms with Gasteiger partial charge in [0.15, 0.2) is 0 Å². The van der Waals surface area contributed by atoms with Crippen LogP contribution in [-0.4, -0.2) is 40.6 Å². The molecule has 124 valence electrons. The van der Waals surface area contributed by atoms with Gasteiger partial charge in [-0.15, -0.1) is 21.5 Å². The van der Waals surface area contributed by atoms with Gasteiger partial charge in [-0.1, -0.05) is 0 Å². The van der Waals surface area contributed by atoms with Gasteiger partial charge in [-0.2, -0.15) is 0 Å². The van der Waals surface area contributed by atoms with E-state index in [0.717, 1.165) is 54.7 Å². The van der Waals surface area contributed by atoms with Gasteiger partial charge < -0.3 is 9.73 Å². The number of aromatic nitrogens is 2. The Morgan fingerprint density at radius 1 is 1.43 bits per heavy atom. The van der Waals surface area contributed by atoms with Crippen molar-refractivity contribution < 1.29 is 9.21 Å². The number of rotatable bonds is 6. The fraction of sp³-hybridized carbons (Fsp3) is 0.562. The van der Waals surface area contributed by atoms with Crippen molar-refractivity contribution in [2.75, 3.05) is 19.6 Å². The average Bonchev–Trinajstić information content (AvgIpc) is 3.20. The highest BCUT2D eigenvalue weighted by Crippen LogP contribution is 2.19. The van der Waals surface area contributed by atoms with Crippen LogP contribution in [0, 0.1) is 12.8 Å². The number of likely N-dealkylation sites (tertiary alicyclic amines) is 1. The molecule has 1 fully saturated rings. The highest BCUT2D eigenvalue weighted by molar-refractivity contribution is 7.11. The van der Waals surface area contributed by atoms with Crippen molar-refractivity contribution >= 4 is 17.2 Å². The first kappa shape index (κ1) is 16.1. The highest BCUT2D eigenvalue weighted by Gasteiger charge is 2.25. The molecule has 2 aromatic heterocycles. The molecule has 0 bridgehead atoms. The molecule has 23 heavy (non-hydrogen) atoms. The van der Waals surface area contributed by atoms with Crippen LogP contribution in [0.5, 0.6) is 0 Å². The number of hydrogen-bond donors (Lipinski definition) is 1. The second-order valence-corrected chi connectivity index (χ2v) is 7.15. The molecule has 0 aromatic carbocycles. The standard InChI is InChI=1S/C16H22N4O2S/c1-12-18-19-15(23-12)4-7-17-16(21)13-5-8-20(9-6-13)11-14-3-2-10-22-14/h2-3,10,13H,4-9,11H2,1H3,(H,17,21). The SMILES string of the molecule is Cc1nnc(CCNC(=O)C2CCN(Cc3ccco3)CC2)s1. The molecule has 0 atom stereocenters. The molecule has 0 saturated carbocycles. The summed E-state index contributed by atoms with van der Waals surface area (Å²) in [5.41, 5.74) is 0. The van der Waals surface area contributed by atoms with E-state index in [1.54, 1.807) is 17.6 Å². The van der Waals surface area contributed by atoms with Crippen molar-refractivity contribution in [1.29, 1.82) is 0 Å². The van der Waals surface area contributed by atoms with E-state index in [1.807, 2.05) is 19.1 Å². The molecule has 7 heteroatoms. The van der Waals surface area contributed by atoms with Crippen LogP contribution >= 0.6 is 11.3 Å². The van der Waals surface area contributed by atoms with Crippen LogP contribution in [0.1, 0.15) is 28.6 Å². The fourth-order valence-corrected chi connectivity index (χ4v) is 3.56. The quantitative estimate of drug-likeness (QED) is 0.875. The Hall–Kier alpha value is -1.73. The molecule has 6 nitrogen and oxygen atoms in total. The topological polar surface area (TPSA) is 71.3 Å². The highest BCUT2D eigenvalue weighted by atomic mass is 32.1. The molecule has 1 amide bonds. The first-order valence-corrected chi connectivity index (χ1v) is 8.84. The maximum atomic E-state index is 12.2. The van der Waals surface area contributed by atoms with Crippen molar-refractivity contribution in [3.63, 3.8) is 0 Å². The van der Waals surface area contributed by atoms with Gasteiger partial charge in [-0.3, -0.25) is 9.69 Å². The van der Waals surface area contributed by atoms with E-state index >= 15 is 0 Å². The van der Waals surface area contributed by atoms with E-state index in [4.69, 9.17) is 4.42 Å². The molecular weight excluding hydrogens is 312 g/mol. The van der Waals surface area contributed by atoms with Crippen molar-refractivity contribution in [2.24, 2.45) is 5.92 Å². The Balaban J connectivity index is 1.36. The molecular formula is C16H22N4O2S. The number of nitrogens with one attached hydrogen (secondary N) is 1. The van der Waals surface area contributed by atoms with Gasteiger partial charge in [-0.05, 0) is 45.0 Å². The molecule has 2 aromatic rings. The number of aryl methyl sites for hydroxylation is 1. The largest absolute Gasteiger partial charge is 0.468 e. The van der Waals surface area contributed by atoms with Crippen LogP contribution in [0.2, 0.25) is 0 Å². The smallest absolute Gasteiger partial charge is 0.223 e. The summed E-state index contributed by atoms with van der Waals surface area (Å²) in [5.74, 6) is 1.28. The number of carbonyl (C=O) groups excluding carboxylic acids is 1. The maximum absolute atomic E-state index is 12.2. The lowest BCUT2D eigenvalue weighted by Gasteiger charge is -2.30. The van der Waals surface area contributed by atoms with E-state index < -0.39 is 0 Å². The molecule has 0 unspecified atom stereocenters. The molecule has 0 spiro atoms. The number of piperidine rings is 1. The van der Waals surface area contributed by atoms with Crippen molar-refractivity contribution in [3.8, 4) is 0 Å². The molecule has 0 radical (unpaired) electrons. The number of amides is 1. The molecule has 1 aliphatic rings. The lowest BCUT2D eigenvalue weighted by molar-refractivity contribution is -0.126. The molecule has 1 saturated heterocycles. The normalized spacial score (nSPS) is 16.6. The van der Waals surface area contributed by atoms with E-state index in [2.05, 4.69) is 20.4 Å². The van der Waals surface area contributed by atoms with Gasteiger partial charge in [0, 0.05) is 18.9 Å². The zero-order valence-corrected chi connectivity index (χ0v) is 14.1. The fourth-order valence-electron chi connectivity index (χ4n) is 2.85. The lowest BCUT2D eigenvalue weighted by Crippen LogP contribution is -2.40. The van der Waals surface area contributed by atoms with Gasteiger partial charge in [0.2, 0.25) is 5.91 Å². The third-order valence-corrected chi connectivity index (χ3v) is 5.02. The van der Waals surface area contributed by atoms with Crippen molar-refractivity contribution in [1.82, 2.24) is 20.4 Å². The summed E-state index contributed by atoms with van der Waals surface area (Å²) in [5, 5.41) is 13.0. The molecule has 1 N–H and O–H groups in total. The summed E-state index contributed by atoms with van der Waals surface area (Å²) in [6.45, 7) is 5.29. The second-order valence-electron chi connectivity index (χ2n) is 5.89. The van der Waals surface area contributed by atoms with Gasteiger partial charge in [-0.25, -0.2) is 0 Å². The predicted molar refractivity (Wildman–Crippen MR) is 88.1 cm³/mol. The van der Waals surface area contributed by atoms with Crippen LogP contribution in [-0.2, 0) is 17.8 Å². The van der Waals surface area contributed by atoms with Gasteiger partial charge in [0.25, 0.3) is 0 Å². The summed E-state index contributed by atoms with van der Waals surface area (Å²) in [6, 6.07) is 3.91. The Labute approximate surface area is 139 Å². The number of nitrogens with zero attached hydrogens (tertiary/aromatic N) is 3. The van der Waals surface area contributed by atoms with Crippen LogP contribution in [0.4, 0.5) is 0 Å². The van der Waals surface area contributed by atoms with Crippen LogP contribution in [0.15, 0.2) is 22.8 Å². The van der Waals surface area contributed by atoms with E-state index in [9.17, 15) is 4.79 Å². The summed E-state index contributed by atoms with van der Waals surface area (Å²) in [6.07, 6.45) is 4.28. The van der Waals surface area contributed by atoms with Gasteiger partial charge in [0.05, 0.1) is 12.8 Å². The minimum atomic E-state index is 0.124. The minimum Gasteiger partial charge on any atom is -0.468 e. The minimum absolute atomic E-state index is 0.124. The monoisotopic (exact) mass is 334 g/mol. The molecule has 3 heterocycles. The number of furan rings is 1. The van der Waals surface area contributed by atoms with Crippen molar-refractivity contribution in [2.45, 2.75) is 32.7 Å². The Bertz CT molecular complexity index is 618. The summed E-state index contributed by atoms with van der Waals surface area (Å²) >= 11 is 1.59. The first-order chi connectivity index (χ1) is 11.2. The maximum Gasteiger partial charge on any atom is 0.223 e. The van der Waals surface area contributed by atoms with Gasteiger partial charge >= 0.3 is 0 Å². The predicted octanol–water partition coefficient (Wildman–Crippen LogP) is 2.01. The Kier molecular flexibility index (Phi) is 5.40. The van der Waals surface area contributed by atoms with Crippen LogP contribution in [0.3, 0.4) is 0 Å². The molecule has 0 aliphatic carbocycles. The Morgan fingerprint density at radius 2 is 2.26 bits per heavy atom. The summed E-state index contributed by atoms with van der Waals surface area (Å²) < 4.78 is 5.38. The van der Waals surface area contributed by atoms with E-state index in [0.29, 0.717) is 6.54 Å². The summed E-state index contributed by atoms with van der Waals surface area (Å²) in [7, 11) is 0. The van der Waals surface area contributed by atoms with E-state index in [-0.39, 0.29) is 11.8 Å². The molecule has 3 rings (SSSR count). The Morgan fingerprint density at radius 3 is 2.91 bits per heavy atom. The first-order valence-electron chi connectivity index (χ1n) is 8.02. The zero-order chi connectivity index (χ0) is 16.1. The lowest BCUT2D eigenvalue weighted by atomic mass is 9.96. The van der Waals surface area contributed by atoms with Crippen LogP contribution in [0.25, 0.3) is 0 Å². The third-order valence-electron chi connectivity index (χ3n) is 4.12. The van der Waals surface area contributed by atoms with Crippen LogP contribution < -0.4 is 5.32 Å². The van der Waals surface area contributed by atoms with E-state index in [1.165, 1.54) is 0 Å². The third kappa shape index (κ3) is 4.62. The number of carbonyl (C=O) groups is 1.